The third-order valence-corrected chi connectivity index (χ3v) is 7.41. The number of pyridine rings is 4. The van der Waals surface area contributed by atoms with E-state index in [4.69, 9.17) is 5.11 Å². The summed E-state index contributed by atoms with van der Waals surface area (Å²) < 4.78 is 4.69. The molecule has 1 N–H and O–H groups in total. The fraction of sp³-hybridized carbons (Fsp3) is 0.0930. The van der Waals surface area contributed by atoms with Gasteiger partial charge in [-0.25, -0.2) is 0 Å². The van der Waals surface area contributed by atoms with Crippen molar-refractivity contribution in [3.05, 3.63) is 174 Å². The zero-order chi connectivity index (χ0) is 35.1. The Kier molecular flexibility index (Phi) is 14.4. The molecule has 0 spiro atoms. The van der Waals surface area contributed by atoms with Crippen LogP contribution >= 0.6 is 0 Å². The Morgan fingerprint density at radius 2 is 0.980 bits per heavy atom. The van der Waals surface area contributed by atoms with Crippen LogP contribution in [-0.4, -0.2) is 25.0 Å². The van der Waals surface area contributed by atoms with E-state index in [1.54, 1.807) is 12.4 Å². The molecule has 8 heteroatoms. The van der Waals surface area contributed by atoms with E-state index in [1.807, 2.05) is 60.9 Å². The Morgan fingerprint density at radius 3 is 1.35 bits per heavy atom. The van der Waals surface area contributed by atoms with Gasteiger partial charge in [0.05, 0.1) is 28.7 Å². The molecule has 0 atom stereocenters. The van der Waals surface area contributed by atoms with Gasteiger partial charge in [0.2, 0.25) is 11.2 Å². The van der Waals surface area contributed by atoms with Gasteiger partial charge in [0.25, 0.3) is 0 Å². The Balaban J connectivity index is 0.000000193. The van der Waals surface area contributed by atoms with Crippen LogP contribution in [0.4, 0.5) is 0 Å². The van der Waals surface area contributed by atoms with Crippen LogP contribution in [0, 0.1) is 6.92 Å². The normalized spacial score (nSPS) is 9.94. The molecule has 0 radical (unpaired) electrons. The second kappa shape index (κ2) is 19.4. The fourth-order valence-electron chi connectivity index (χ4n) is 5.10. The number of aromatic hydroxyl groups is 1. The standard InChI is InChI=1S/C24H16N2.C10H8N2.C6H6O3.C3H8.Ru/c1-3-7-17(8-4-1)19-13-15-25-23-21(19)11-12-22-20(14-16-26-24(22)23)18-9-5-2-6-10-18;1-3-7-11-9(5-1)10-6-2-4-8-12-10;1-4-6(8)5(7)2-3-9-4;1-3-2;/h1-16H;1-8H;2-3,8H,1H3;3H2,1-2H3;. The van der Waals surface area contributed by atoms with Gasteiger partial charge >= 0.3 is 0 Å². The first-order valence-corrected chi connectivity index (χ1v) is 16.4. The van der Waals surface area contributed by atoms with Gasteiger partial charge in [0.1, 0.15) is 5.76 Å². The van der Waals surface area contributed by atoms with E-state index in [9.17, 15) is 4.79 Å². The predicted octanol–water partition coefficient (Wildman–Crippen LogP) is 10.3. The van der Waals surface area contributed by atoms with Gasteiger partial charge in [-0.3, -0.25) is 24.7 Å². The van der Waals surface area contributed by atoms with Crippen LogP contribution in [-0.2, 0) is 19.5 Å². The van der Waals surface area contributed by atoms with E-state index >= 15 is 0 Å². The maximum absolute atomic E-state index is 10.5. The van der Waals surface area contributed by atoms with Crippen LogP contribution in [0.3, 0.4) is 0 Å². The van der Waals surface area contributed by atoms with Gasteiger partial charge in [-0.2, -0.15) is 0 Å². The minimum atomic E-state index is -0.404. The van der Waals surface area contributed by atoms with Crippen LogP contribution < -0.4 is 5.43 Å². The molecule has 5 heterocycles. The molecule has 3 aromatic carbocycles. The number of rotatable bonds is 3. The van der Waals surface area contributed by atoms with Crippen LogP contribution in [0.15, 0.2) is 168 Å². The fourth-order valence-corrected chi connectivity index (χ4v) is 5.10. The van der Waals surface area contributed by atoms with Crippen molar-refractivity contribution in [2.45, 2.75) is 27.2 Å². The first-order valence-electron chi connectivity index (χ1n) is 16.4. The van der Waals surface area contributed by atoms with Gasteiger partial charge in [0, 0.05) is 61.1 Å². The van der Waals surface area contributed by atoms with Crippen LogP contribution in [0.1, 0.15) is 26.0 Å². The summed E-state index contributed by atoms with van der Waals surface area (Å²) in [5, 5.41) is 11.1. The molecule has 0 saturated carbocycles. The Labute approximate surface area is 310 Å². The molecule has 0 bridgehead atoms. The number of nitrogens with zero attached hydrogens (tertiary/aromatic N) is 4. The number of hydrogen-bond acceptors (Lipinski definition) is 7. The van der Waals surface area contributed by atoms with Gasteiger partial charge in [-0.15, -0.1) is 0 Å². The smallest absolute Gasteiger partial charge is 0.226 e. The second-order valence-corrected chi connectivity index (χ2v) is 11.1. The number of benzene rings is 3. The number of aromatic nitrogens is 4. The van der Waals surface area contributed by atoms with Crippen LogP contribution in [0.2, 0.25) is 0 Å². The summed E-state index contributed by atoms with van der Waals surface area (Å²) in [5.41, 5.74) is 8.07. The summed E-state index contributed by atoms with van der Waals surface area (Å²) in [6.45, 7) is 5.77. The predicted molar refractivity (Wildman–Crippen MR) is 203 cm³/mol. The summed E-state index contributed by atoms with van der Waals surface area (Å²) in [6, 6.07) is 42.1. The summed E-state index contributed by atoms with van der Waals surface area (Å²) in [7, 11) is 0. The van der Waals surface area contributed by atoms with E-state index in [0.717, 1.165) is 33.2 Å². The SMILES string of the molecule is CCC.Cc1occc(=O)c1O.[Ru].c1ccc(-c2ccccn2)nc1.c1ccc(-c2ccnc3c2ccc2c(-c4ccccc4)ccnc23)cc1. The van der Waals surface area contributed by atoms with Crippen molar-refractivity contribution in [1.29, 1.82) is 0 Å². The average Bonchev–Trinajstić information content (AvgIpc) is 3.18. The molecule has 0 fully saturated rings. The third kappa shape index (κ3) is 9.87. The molecule has 8 aromatic rings. The minimum Gasteiger partial charge on any atom is -0.502 e. The van der Waals surface area contributed by atoms with E-state index < -0.39 is 5.43 Å². The average molecular weight is 760 g/mol. The molecule has 0 aliphatic rings. The van der Waals surface area contributed by atoms with Crippen molar-refractivity contribution in [2.24, 2.45) is 0 Å². The van der Waals surface area contributed by atoms with E-state index in [0.29, 0.717) is 0 Å². The van der Waals surface area contributed by atoms with E-state index in [2.05, 4.69) is 111 Å². The van der Waals surface area contributed by atoms with Crippen molar-refractivity contribution in [1.82, 2.24) is 19.9 Å². The summed E-state index contributed by atoms with van der Waals surface area (Å²) in [6.07, 6.45) is 9.79. The van der Waals surface area contributed by atoms with E-state index in [1.165, 1.54) is 47.9 Å². The Hall–Kier alpha value is -5.85. The molecule has 7 nitrogen and oxygen atoms in total. The van der Waals surface area contributed by atoms with Crippen molar-refractivity contribution in [3.63, 3.8) is 0 Å². The summed E-state index contributed by atoms with van der Waals surface area (Å²) in [5.74, 6) is -0.0556. The van der Waals surface area contributed by atoms with Gasteiger partial charge < -0.3 is 9.52 Å². The van der Waals surface area contributed by atoms with Gasteiger partial charge in [-0.1, -0.05) is 105 Å². The number of hydrogen-bond donors (Lipinski definition) is 1. The molecule has 0 aliphatic heterocycles. The molecular weight excluding hydrogens is 722 g/mol. The maximum atomic E-state index is 10.5. The zero-order valence-electron chi connectivity index (χ0n) is 28.6. The Morgan fingerprint density at radius 1 is 0.549 bits per heavy atom. The third-order valence-electron chi connectivity index (χ3n) is 7.41. The topological polar surface area (TPSA) is 102 Å². The molecule has 0 unspecified atom stereocenters. The molecule has 8 rings (SSSR count). The summed E-state index contributed by atoms with van der Waals surface area (Å²) in [4.78, 5) is 28.2. The zero-order valence-corrected chi connectivity index (χ0v) is 30.4. The van der Waals surface area contributed by atoms with E-state index in [-0.39, 0.29) is 31.0 Å². The largest absolute Gasteiger partial charge is 0.502 e. The molecule has 0 saturated heterocycles. The molecule has 5 aromatic heterocycles. The number of aryl methyl sites for hydroxylation is 1. The van der Waals surface area contributed by atoms with Crippen molar-refractivity contribution in [3.8, 4) is 39.4 Å². The van der Waals surface area contributed by atoms with Gasteiger partial charge in [-0.05, 0) is 65.6 Å². The number of fused-ring (bicyclic) bond motifs is 3. The molecule has 0 amide bonds. The van der Waals surface area contributed by atoms with Crippen LogP contribution in [0.25, 0.3) is 55.4 Å². The van der Waals surface area contributed by atoms with Crippen molar-refractivity contribution in [2.75, 3.05) is 0 Å². The molecule has 51 heavy (non-hydrogen) atoms. The van der Waals surface area contributed by atoms with Gasteiger partial charge in [0.15, 0.2) is 0 Å². The molecule has 256 valence electrons. The maximum Gasteiger partial charge on any atom is 0.226 e. The molecule has 0 aliphatic carbocycles. The quantitative estimate of drug-likeness (QED) is 0.141. The monoisotopic (exact) mass is 760 g/mol. The van der Waals surface area contributed by atoms with Crippen molar-refractivity contribution >= 4 is 21.8 Å². The first-order chi connectivity index (χ1) is 24.5. The Bertz CT molecular complexity index is 2170. The second-order valence-electron chi connectivity index (χ2n) is 11.1. The van der Waals surface area contributed by atoms with Crippen molar-refractivity contribution < 1.29 is 29.0 Å². The molecular formula is C43H38N4O3Ru. The first kappa shape index (κ1) is 38.0. The van der Waals surface area contributed by atoms with Crippen LogP contribution in [0.5, 0.6) is 5.75 Å². The summed E-state index contributed by atoms with van der Waals surface area (Å²) >= 11 is 0. The minimum absolute atomic E-state index is 0.